The minimum atomic E-state index is 0.621. The smallest absolute Gasteiger partial charge is 0.142 e. The SMILES string of the molecule is CN(C)C1CCc2c(sc3ncnc(Nc4ccc5c(c4)C=NC5)c23)C1. The standard InChI is InChI=1S/C20H21N5S/c1-25(2)15-5-6-16-17(8-15)26-20-18(16)19(22-11-23-20)24-14-4-3-12-9-21-10-13(12)7-14/h3-4,7,10-11,15H,5-6,8-9H2,1-2H3,(H,22,23,24). The van der Waals surface area contributed by atoms with Gasteiger partial charge in [-0.1, -0.05) is 6.07 Å². The second-order valence-corrected chi connectivity index (χ2v) is 8.36. The van der Waals surface area contributed by atoms with E-state index in [-0.39, 0.29) is 0 Å². The summed E-state index contributed by atoms with van der Waals surface area (Å²) in [5.74, 6) is 0.922. The van der Waals surface area contributed by atoms with Gasteiger partial charge in [0, 0.05) is 22.8 Å². The fourth-order valence-corrected chi connectivity index (χ4v) is 5.20. The van der Waals surface area contributed by atoms with Crippen LogP contribution in [0.5, 0.6) is 0 Å². The van der Waals surface area contributed by atoms with Crippen molar-refractivity contribution in [3.05, 3.63) is 46.1 Å². The lowest BCUT2D eigenvalue weighted by molar-refractivity contribution is 0.270. The number of rotatable bonds is 3. The van der Waals surface area contributed by atoms with E-state index >= 15 is 0 Å². The highest BCUT2D eigenvalue weighted by atomic mass is 32.1. The first-order valence-corrected chi connectivity index (χ1v) is 9.82. The molecular weight excluding hydrogens is 342 g/mol. The van der Waals surface area contributed by atoms with Gasteiger partial charge < -0.3 is 10.2 Å². The first-order chi connectivity index (χ1) is 12.7. The van der Waals surface area contributed by atoms with E-state index in [9.17, 15) is 0 Å². The van der Waals surface area contributed by atoms with Crippen molar-refractivity contribution in [2.24, 2.45) is 4.99 Å². The Bertz CT molecular complexity index is 1020. The number of thiophene rings is 1. The monoisotopic (exact) mass is 363 g/mol. The van der Waals surface area contributed by atoms with Crippen LogP contribution in [0.4, 0.5) is 11.5 Å². The predicted octanol–water partition coefficient (Wildman–Crippen LogP) is 3.79. The first-order valence-electron chi connectivity index (χ1n) is 9.00. The lowest BCUT2D eigenvalue weighted by Crippen LogP contribution is -2.32. The number of aryl methyl sites for hydroxylation is 1. The third kappa shape index (κ3) is 2.61. The van der Waals surface area contributed by atoms with Crippen molar-refractivity contribution in [3.63, 3.8) is 0 Å². The molecule has 0 fully saturated rings. The number of nitrogens with zero attached hydrogens (tertiary/aromatic N) is 4. The van der Waals surface area contributed by atoms with Crippen LogP contribution >= 0.6 is 11.3 Å². The molecule has 5 rings (SSSR count). The lowest BCUT2D eigenvalue weighted by atomic mass is 9.92. The maximum Gasteiger partial charge on any atom is 0.142 e. The zero-order valence-corrected chi connectivity index (χ0v) is 15.8. The van der Waals surface area contributed by atoms with Crippen molar-refractivity contribution in [1.82, 2.24) is 14.9 Å². The number of aliphatic imine (C=N–C) groups is 1. The topological polar surface area (TPSA) is 53.4 Å². The van der Waals surface area contributed by atoms with Crippen molar-refractivity contribution in [1.29, 1.82) is 0 Å². The predicted molar refractivity (Wildman–Crippen MR) is 108 cm³/mol. The molecule has 132 valence electrons. The van der Waals surface area contributed by atoms with E-state index in [0.29, 0.717) is 6.04 Å². The van der Waals surface area contributed by atoms with E-state index in [1.54, 1.807) is 6.33 Å². The van der Waals surface area contributed by atoms with Gasteiger partial charge in [-0.3, -0.25) is 4.99 Å². The quantitative estimate of drug-likeness (QED) is 0.769. The zero-order chi connectivity index (χ0) is 17.7. The molecule has 2 aromatic heterocycles. The Morgan fingerprint density at radius 1 is 1.23 bits per heavy atom. The molecule has 0 spiro atoms. The number of hydrogen-bond acceptors (Lipinski definition) is 6. The number of benzene rings is 1. The number of anilines is 2. The number of hydrogen-bond donors (Lipinski definition) is 1. The molecule has 6 heteroatoms. The third-order valence-electron chi connectivity index (χ3n) is 5.45. The van der Waals surface area contributed by atoms with Crippen molar-refractivity contribution >= 4 is 39.3 Å². The summed E-state index contributed by atoms with van der Waals surface area (Å²) in [5.41, 5.74) is 4.97. The van der Waals surface area contributed by atoms with E-state index in [1.165, 1.54) is 33.4 Å². The number of nitrogens with one attached hydrogen (secondary N) is 1. The molecule has 1 N–H and O–H groups in total. The Labute approximate surface area is 156 Å². The summed E-state index contributed by atoms with van der Waals surface area (Å²) < 4.78 is 0. The molecule has 3 heterocycles. The van der Waals surface area contributed by atoms with Crippen LogP contribution in [-0.2, 0) is 19.4 Å². The van der Waals surface area contributed by atoms with Gasteiger partial charge in [-0.2, -0.15) is 0 Å². The van der Waals surface area contributed by atoms with Crippen LogP contribution in [0.25, 0.3) is 10.2 Å². The van der Waals surface area contributed by atoms with Crippen LogP contribution in [0.1, 0.15) is 28.0 Å². The summed E-state index contributed by atoms with van der Waals surface area (Å²) in [6.45, 7) is 0.790. The maximum atomic E-state index is 4.57. The molecule has 0 saturated carbocycles. The lowest BCUT2D eigenvalue weighted by Gasteiger charge is -2.28. The van der Waals surface area contributed by atoms with Gasteiger partial charge >= 0.3 is 0 Å². The molecule has 1 aromatic carbocycles. The summed E-state index contributed by atoms with van der Waals surface area (Å²) in [4.78, 5) is 18.4. The Hall–Kier alpha value is -2.31. The molecule has 3 aromatic rings. The van der Waals surface area contributed by atoms with Gasteiger partial charge in [-0.25, -0.2) is 9.97 Å². The second-order valence-electron chi connectivity index (χ2n) is 7.27. The highest BCUT2D eigenvalue weighted by Gasteiger charge is 2.26. The molecule has 0 bridgehead atoms. The molecule has 26 heavy (non-hydrogen) atoms. The average Bonchev–Trinajstić information content (AvgIpc) is 3.25. The van der Waals surface area contributed by atoms with E-state index in [1.807, 2.05) is 17.6 Å². The molecule has 1 aliphatic carbocycles. The van der Waals surface area contributed by atoms with Gasteiger partial charge in [0.05, 0.1) is 11.9 Å². The molecule has 5 nitrogen and oxygen atoms in total. The highest BCUT2D eigenvalue weighted by molar-refractivity contribution is 7.19. The number of aromatic nitrogens is 2. The summed E-state index contributed by atoms with van der Waals surface area (Å²) in [7, 11) is 4.35. The number of likely N-dealkylation sites (N-methyl/N-ethyl adjacent to an activating group) is 1. The largest absolute Gasteiger partial charge is 0.340 e. The normalized spacial score (nSPS) is 18.3. The van der Waals surface area contributed by atoms with Gasteiger partial charge in [0.25, 0.3) is 0 Å². The fraction of sp³-hybridized carbons (Fsp3) is 0.350. The Balaban J connectivity index is 1.54. The van der Waals surface area contributed by atoms with Crippen LogP contribution < -0.4 is 5.32 Å². The van der Waals surface area contributed by atoms with Gasteiger partial charge in [-0.15, -0.1) is 11.3 Å². The average molecular weight is 363 g/mol. The molecule has 1 unspecified atom stereocenters. The van der Waals surface area contributed by atoms with Crippen LogP contribution in [0, 0.1) is 0 Å². The minimum absolute atomic E-state index is 0.621. The van der Waals surface area contributed by atoms with E-state index < -0.39 is 0 Å². The first kappa shape index (κ1) is 15.9. The molecule has 0 amide bonds. The Kier molecular flexibility index (Phi) is 3.76. The summed E-state index contributed by atoms with van der Waals surface area (Å²) in [6.07, 6.45) is 7.01. The zero-order valence-electron chi connectivity index (χ0n) is 15.0. The van der Waals surface area contributed by atoms with Gasteiger partial charge in [0.15, 0.2) is 0 Å². The van der Waals surface area contributed by atoms with Gasteiger partial charge in [-0.05, 0) is 62.2 Å². The summed E-state index contributed by atoms with van der Waals surface area (Å²) >= 11 is 1.83. The molecule has 2 aliphatic rings. The molecule has 1 atom stereocenters. The van der Waals surface area contributed by atoms with Crippen LogP contribution in [0.15, 0.2) is 29.5 Å². The molecule has 1 aliphatic heterocycles. The van der Waals surface area contributed by atoms with Crippen molar-refractivity contribution in [3.8, 4) is 0 Å². The van der Waals surface area contributed by atoms with Crippen LogP contribution in [0.3, 0.4) is 0 Å². The Morgan fingerprint density at radius 2 is 2.15 bits per heavy atom. The number of fused-ring (bicyclic) bond motifs is 4. The minimum Gasteiger partial charge on any atom is -0.340 e. The van der Waals surface area contributed by atoms with Crippen LogP contribution in [-0.4, -0.2) is 41.2 Å². The van der Waals surface area contributed by atoms with E-state index in [2.05, 4.69) is 57.5 Å². The highest BCUT2D eigenvalue weighted by Crippen LogP contribution is 2.39. The molecular formula is C20H21N5S. The van der Waals surface area contributed by atoms with Crippen LogP contribution in [0.2, 0.25) is 0 Å². The summed E-state index contributed by atoms with van der Waals surface area (Å²) in [6, 6.07) is 7.03. The van der Waals surface area contributed by atoms with Gasteiger partial charge in [0.1, 0.15) is 17.0 Å². The second kappa shape index (κ2) is 6.14. The molecule has 0 radical (unpaired) electrons. The van der Waals surface area contributed by atoms with E-state index in [0.717, 1.165) is 35.7 Å². The fourth-order valence-electron chi connectivity index (χ4n) is 3.94. The maximum absolute atomic E-state index is 4.57. The van der Waals surface area contributed by atoms with E-state index in [4.69, 9.17) is 0 Å². The van der Waals surface area contributed by atoms with Crippen molar-refractivity contribution in [2.45, 2.75) is 31.8 Å². The third-order valence-corrected chi connectivity index (χ3v) is 6.61. The summed E-state index contributed by atoms with van der Waals surface area (Å²) in [5, 5.41) is 4.74. The Morgan fingerprint density at radius 3 is 3.04 bits per heavy atom. The molecule has 0 saturated heterocycles. The van der Waals surface area contributed by atoms with Crippen molar-refractivity contribution < 1.29 is 0 Å². The van der Waals surface area contributed by atoms with Crippen molar-refractivity contribution in [2.75, 3.05) is 19.4 Å². The van der Waals surface area contributed by atoms with Gasteiger partial charge in [0.2, 0.25) is 0 Å².